The molecule has 5 nitrogen and oxygen atoms in total. The normalized spacial score (nSPS) is 13.9. The predicted octanol–water partition coefficient (Wildman–Crippen LogP) is 2.47. The number of carbonyl (C=O) groups is 2. The molecule has 0 aliphatic heterocycles. The van der Waals surface area contributed by atoms with E-state index >= 15 is 0 Å². The molecule has 0 saturated heterocycles. The highest BCUT2D eigenvalue weighted by Crippen LogP contribution is 2.31. The van der Waals surface area contributed by atoms with Gasteiger partial charge in [0.2, 0.25) is 5.91 Å². The van der Waals surface area contributed by atoms with Crippen molar-refractivity contribution in [3.05, 3.63) is 24.3 Å². The fourth-order valence-corrected chi connectivity index (χ4v) is 1.61. The van der Waals surface area contributed by atoms with Crippen molar-refractivity contribution in [2.24, 2.45) is 11.3 Å². The van der Waals surface area contributed by atoms with Crippen LogP contribution in [0.15, 0.2) is 24.3 Å². The molecule has 1 atom stereocenters. The highest BCUT2D eigenvalue weighted by Gasteiger charge is 2.38. The largest absolute Gasteiger partial charge is 0.508 e. The molecule has 1 rings (SSSR count). The number of hydrogen-bond acceptors (Lipinski definition) is 3. The zero-order valence-corrected chi connectivity index (χ0v) is 11.3. The summed E-state index contributed by atoms with van der Waals surface area (Å²) in [4.78, 5) is 23.2. The van der Waals surface area contributed by atoms with Gasteiger partial charge in [-0.05, 0) is 37.1 Å². The first-order chi connectivity index (χ1) is 8.75. The number of carbonyl (C=O) groups excluding carboxylic acids is 1. The van der Waals surface area contributed by atoms with E-state index in [9.17, 15) is 14.7 Å². The summed E-state index contributed by atoms with van der Waals surface area (Å²) in [6, 6.07) is 6.02. The lowest BCUT2D eigenvalue weighted by Crippen LogP contribution is -2.37. The maximum atomic E-state index is 11.9. The van der Waals surface area contributed by atoms with Gasteiger partial charge >= 0.3 is 5.97 Å². The summed E-state index contributed by atoms with van der Waals surface area (Å²) in [7, 11) is 0. The molecule has 0 aliphatic rings. The van der Waals surface area contributed by atoms with E-state index in [1.54, 1.807) is 32.9 Å². The van der Waals surface area contributed by atoms with Gasteiger partial charge in [0.15, 0.2) is 0 Å². The van der Waals surface area contributed by atoms with Gasteiger partial charge in [-0.3, -0.25) is 9.59 Å². The van der Waals surface area contributed by atoms with Gasteiger partial charge in [0.25, 0.3) is 0 Å². The molecule has 0 fully saturated rings. The minimum absolute atomic E-state index is 0.0964. The Labute approximate surface area is 112 Å². The Kier molecular flexibility index (Phi) is 4.53. The molecule has 3 N–H and O–H groups in total. The first-order valence-corrected chi connectivity index (χ1v) is 6.08. The Morgan fingerprint density at radius 3 is 2.21 bits per heavy atom. The maximum Gasteiger partial charge on any atom is 0.310 e. The quantitative estimate of drug-likeness (QED) is 0.714. The second-order valence-electron chi connectivity index (χ2n) is 5.15. The van der Waals surface area contributed by atoms with Crippen molar-refractivity contribution in [2.75, 3.05) is 5.32 Å². The average molecular weight is 265 g/mol. The summed E-state index contributed by atoms with van der Waals surface area (Å²) in [5.41, 5.74) is -0.569. The van der Waals surface area contributed by atoms with Gasteiger partial charge in [-0.1, -0.05) is 13.8 Å². The monoisotopic (exact) mass is 265 g/mol. The number of aromatic hydroxyl groups is 1. The third-order valence-electron chi connectivity index (χ3n) is 3.44. The van der Waals surface area contributed by atoms with Crippen molar-refractivity contribution < 1.29 is 19.8 Å². The van der Waals surface area contributed by atoms with Gasteiger partial charge in [0.05, 0.1) is 5.41 Å². The van der Waals surface area contributed by atoms with E-state index in [4.69, 9.17) is 5.11 Å². The highest BCUT2D eigenvalue weighted by molar-refractivity contribution is 5.94. The van der Waals surface area contributed by atoms with Crippen molar-refractivity contribution in [1.29, 1.82) is 0 Å². The fraction of sp³-hybridized carbons (Fsp3) is 0.429. The molecular formula is C14H19NO4. The molecule has 1 aromatic rings. The number of carboxylic acids is 1. The molecule has 0 bridgehead atoms. The van der Waals surface area contributed by atoms with Crippen LogP contribution in [-0.2, 0) is 9.59 Å². The number of amides is 1. The molecular weight excluding hydrogens is 246 g/mol. The molecule has 0 aliphatic carbocycles. The second kappa shape index (κ2) is 5.73. The number of hydrogen-bond donors (Lipinski definition) is 3. The lowest BCUT2D eigenvalue weighted by Gasteiger charge is -2.28. The molecule has 0 aromatic heterocycles. The Bertz CT molecular complexity index is 467. The van der Waals surface area contributed by atoms with E-state index in [2.05, 4.69) is 5.32 Å². The first kappa shape index (κ1) is 15.0. The molecule has 1 unspecified atom stereocenters. The van der Waals surface area contributed by atoms with Crippen LogP contribution < -0.4 is 5.32 Å². The Hall–Kier alpha value is -2.04. The molecule has 1 aromatic carbocycles. The van der Waals surface area contributed by atoms with Crippen LogP contribution in [0.1, 0.15) is 27.2 Å². The van der Waals surface area contributed by atoms with E-state index in [1.807, 2.05) is 0 Å². The van der Waals surface area contributed by atoms with Crippen LogP contribution in [-0.4, -0.2) is 22.1 Å². The van der Waals surface area contributed by atoms with E-state index in [0.29, 0.717) is 5.69 Å². The SMILES string of the molecule is CC(C)C(C)(CC(=O)Nc1ccc(O)cc1)C(=O)O. The molecule has 0 heterocycles. The molecule has 19 heavy (non-hydrogen) atoms. The van der Waals surface area contributed by atoms with Gasteiger partial charge in [-0.2, -0.15) is 0 Å². The van der Waals surface area contributed by atoms with E-state index in [1.165, 1.54) is 12.1 Å². The lowest BCUT2D eigenvalue weighted by atomic mass is 9.76. The summed E-state index contributed by atoms with van der Waals surface area (Å²) < 4.78 is 0. The topological polar surface area (TPSA) is 86.6 Å². The summed E-state index contributed by atoms with van der Waals surface area (Å²) >= 11 is 0. The molecule has 0 spiro atoms. The lowest BCUT2D eigenvalue weighted by molar-refractivity contribution is -0.153. The predicted molar refractivity (Wildman–Crippen MR) is 71.9 cm³/mol. The molecule has 104 valence electrons. The maximum absolute atomic E-state index is 11.9. The third-order valence-corrected chi connectivity index (χ3v) is 3.44. The second-order valence-corrected chi connectivity index (χ2v) is 5.15. The number of anilines is 1. The first-order valence-electron chi connectivity index (χ1n) is 6.08. The number of carboxylic acid groups (broad SMARTS) is 1. The summed E-state index contributed by atoms with van der Waals surface area (Å²) in [5, 5.41) is 21.0. The van der Waals surface area contributed by atoms with Crippen LogP contribution in [0.5, 0.6) is 5.75 Å². The third kappa shape index (κ3) is 3.71. The standard InChI is InChI=1S/C14H19NO4/c1-9(2)14(3,13(18)19)8-12(17)15-10-4-6-11(16)7-5-10/h4-7,9,16H,8H2,1-3H3,(H,15,17)(H,18,19). The smallest absolute Gasteiger partial charge is 0.310 e. The van der Waals surface area contributed by atoms with Crippen molar-refractivity contribution in [3.63, 3.8) is 0 Å². The van der Waals surface area contributed by atoms with Crippen LogP contribution in [0.3, 0.4) is 0 Å². The summed E-state index contributed by atoms with van der Waals surface area (Å²) in [6.07, 6.45) is -0.0964. The van der Waals surface area contributed by atoms with Gasteiger partial charge in [-0.15, -0.1) is 0 Å². The summed E-state index contributed by atoms with van der Waals surface area (Å²) in [5.74, 6) is -1.39. The fourth-order valence-electron chi connectivity index (χ4n) is 1.61. The molecule has 1 amide bonds. The van der Waals surface area contributed by atoms with E-state index in [0.717, 1.165) is 0 Å². The van der Waals surface area contributed by atoms with Crippen molar-refractivity contribution in [3.8, 4) is 5.75 Å². The summed E-state index contributed by atoms with van der Waals surface area (Å²) in [6.45, 7) is 5.13. The van der Waals surface area contributed by atoms with Crippen LogP contribution in [0.2, 0.25) is 0 Å². The Morgan fingerprint density at radius 2 is 1.79 bits per heavy atom. The van der Waals surface area contributed by atoms with Gasteiger partial charge < -0.3 is 15.5 Å². The highest BCUT2D eigenvalue weighted by atomic mass is 16.4. The van der Waals surface area contributed by atoms with Gasteiger partial charge in [0, 0.05) is 12.1 Å². The number of nitrogens with one attached hydrogen (secondary N) is 1. The minimum atomic E-state index is -1.10. The van der Waals surface area contributed by atoms with Crippen LogP contribution in [0.4, 0.5) is 5.69 Å². The van der Waals surface area contributed by atoms with Gasteiger partial charge in [-0.25, -0.2) is 0 Å². The van der Waals surface area contributed by atoms with Crippen molar-refractivity contribution in [1.82, 2.24) is 0 Å². The van der Waals surface area contributed by atoms with Gasteiger partial charge in [0.1, 0.15) is 5.75 Å². The van der Waals surface area contributed by atoms with Crippen LogP contribution in [0, 0.1) is 11.3 Å². The average Bonchev–Trinajstić information content (AvgIpc) is 2.31. The minimum Gasteiger partial charge on any atom is -0.508 e. The van der Waals surface area contributed by atoms with Crippen LogP contribution in [0.25, 0.3) is 0 Å². The van der Waals surface area contributed by atoms with E-state index < -0.39 is 11.4 Å². The number of phenols is 1. The number of rotatable bonds is 5. The van der Waals surface area contributed by atoms with Crippen molar-refractivity contribution >= 4 is 17.6 Å². The van der Waals surface area contributed by atoms with E-state index in [-0.39, 0.29) is 24.0 Å². The molecule has 5 heteroatoms. The Balaban J connectivity index is 2.74. The molecule has 0 saturated carbocycles. The number of aliphatic carboxylic acids is 1. The molecule has 0 radical (unpaired) electrons. The zero-order chi connectivity index (χ0) is 14.6. The number of phenolic OH excluding ortho intramolecular Hbond substituents is 1. The van der Waals surface area contributed by atoms with Crippen molar-refractivity contribution in [2.45, 2.75) is 27.2 Å². The zero-order valence-electron chi connectivity index (χ0n) is 11.3. The van der Waals surface area contributed by atoms with Crippen LogP contribution >= 0.6 is 0 Å². The number of benzene rings is 1. The Morgan fingerprint density at radius 1 is 1.26 bits per heavy atom.